The highest BCUT2D eigenvalue weighted by Gasteiger charge is 2.25. The van der Waals surface area contributed by atoms with Crippen LogP contribution in [0.15, 0.2) is 66.7 Å². The molecule has 0 aliphatic heterocycles. The van der Waals surface area contributed by atoms with Gasteiger partial charge < -0.3 is 10.1 Å². The molecule has 3 aromatic carbocycles. The van der Waals surface area contributed by atoms with E-state index in [0.29, 0.717) is 21.3 Å². The minimum Gasteiger partial charge on any atom is -0.497 e. The van der Waals surface area contributed by atoms with E-state index in [-0.39, 0.29) is 11.3 Å². The average molecular weight is 529 g/mol. The molecule has 35 heavy (non-hydrogen) atoms. The van der Waals surface area contributed by atoms with Crippen LogP contribution >= 0.6 is 22.9 Å². The van der Waals surface area contributed by atoms with E-state index in [4.69, 9.17) is 16.3 Å². The second-order valence-corrected chi connectivity index (χ2v) is 12.0. The summed E-state index contributed by atoms with van der Waals surface area (Å²) in [5.74, 6) is 0.502. The molecule has 0 unspecified atom stereocenters. The zero-order valence-corrected chi connectivity index (χ0v) is 22.1. The number of fused-ring (bicyclic) bond motifs is 1. The fourth-order valence-electron chi connectivity index (χ4n) is 3.83. The third kappa shape index (κ3) is 5.78. The van der Waals surface area contributed by atoms with E-state index in [1.165, 1.54) is 11.3 Å². The molecule has 9 heteroatoms. The van der Waals surface area contributed by atoms with Crippen LogP contribution in [0.2, 0.25) is 5.02 Å². The van der Waals surface area contributed by atoms with E-state index in [0.717, 1.165) is 33.2 Å². The van der Waals surface area contributed by atoms with Gasteiger partial charge in [0.05, 0.1) is 18.2 Å². The van der Waals surface area contributed by atoms with Gasteiger partial charge in [0.2, 0.25) is 10.0 Å². The highest BCUT2D eigenvalue weighted by Crippen LogP contribution is 2.36. The largest absolute Gasteiger partial charge is 0.497 e. The SMILES string of the molecule is COc1cccc(C(C)(C)c2cc(Cl)cc(NC(=O)c3cc4cc(NS(C)(=O)=O)ccc4s3)c2)c1. The molecule has 1 amide bonds. The van der Waals surface area contributed by atoms with Gasteiger partial charge in [-0.1, -0.05) is 37.6 Å². The number of benzene rings is 3. The maximum absolute atomic E-state index is 13.1. The van der Waals surface area contributed by atoms with Crippen molar-refractivity contribution in [1.82, 2.24) is 0 Å². The smallest absolute Gasteiger partial charge is 0.265 e. The summed E-state index contributed by atoms with van der Waals surface area (Å²) >= 11 is 7.77. The highest BCUT2D eigenvalue weighted by atomic mass is 35.5. The third-order valence-electron chi connectivity index (χ3n) is 5.71. The first-order chi connectivity index (χ1) is 16.4. The molecule has 0 spiro atoms. The average Bonchev–Trinajstić information content (AvgIpc) is 3.21. The first-order valence-corrected chi connectivity index (χ1v) is 13.8. The fourth-order valence-corrected chi connectivity index (χ4v) is 5.56. The number of carbonyl (C=O) groups is 1. The van der Waals surface area contributed by atoms with Crippen LogP contribution in [0.4, 0.5) is 11.4 Å². The maximum atomic E-state index is 13.1. The van der Waals surface area contributed by atoms with E-state index in [1.54, 1.807) is 37.4 Å². The maximum Gasteiger partial charge on any atom is 0.265 e. The molecule has 4 aromatic rings. The van der Waals surface area contributed by atoms with Gasteiger partial charge in [0.1, 0.15) is 5.75 Å². The predicted octanol–water partition coefficient (Wildman–Crippen LogP) is 6.51. The van der Waals surface area contributed by atoms with Crippen LogP contribution in [-0.2, 0) is 15.4 Å². The van der Waals surface area contributed by atoms with Crippen molar-refractivity contribution in [2.75, 3.05) is 23.4 Å². The van der Waals surface area contributed by atoms with Crippen molar-refractivity contribution >= 4 is 60.3 Å². The minimum atomic E-state index is -3.39. The Morgan fingerprint density at radius 1 is 0.971 bits per heavy atom. The van der Waals surface area contributed by atoms with Crippen LogP contribution in [0.25, 0.3) is 10.1 Å². The lowest BCUT2D eigenvalue weighted by molar-refractivity contribution is 0.103. The van der Waals surface area contributed by atoms with E-state index >= 15 is 0 Å². The fraction of sp³-hybridized carbons (Fsp3) is 0.192. The zero-order valence-electron chi connectivity index (χ0n) is 19.7. The van der Waals surface area contributed by atoms with Gasteiger partial charge in [0.25, 0.3) is 5.91 Å². The Bertz CT molecular complexity index is 1530. The number of ether oxygens (including phenoxy) is 1. The zero-order chi connectivity index (χ0) is 25.4. The second-order valence-electron chi connectivity index (χ2n) is 8.78. The molecule has 0 saturated heterocycles. The summed E-state index contributed by atoms with van der Waals surface area (Å²) in [6.07, 6.45) is 1.10. The molecule has 4 rings (SSSR count). The number of thiophene rings is 1. The van der Waals surface area contributed by atoms with E-state index in [9.17, 15) is 13.2 Å². The molecule has 0 aliphatic rings. The number of anilines is 2. The van der Waals surface area contributed by atoms with Crippen molar-refractivity contribution in [2.45, 2.75) is 19.3 Å². The molecule has 6 nitrogen and oxygen atoms in total. The first-order valence-electron chi connectivity index (χ1n) is 10.7. The normalized spacial score (nSPS) is 11.9. The number of sulfonamides is 1. The Hall–Kier alpha value is -3.07. The van der Waals surface area contributed by atoms with Crippen molar-refractivity contribution in [1.29, 1.82) is 0 Å². The monoisotopic (exact) mass is 528 g/mol. The van der Waals surface area contributed by atoms with Crippen molar-refractivity contribution in [2.24, 2.45) is 0 Å². The lowest BCUT2D eigenvalue weighted by Crippen LogP contribution is -2.20. The summed E-state index contributed by atoms with van der Waals surface area (Å²) in [5, 5.41) is 4.24. The first kappa shape index (κ1) is 25.0. The number of methoxy groups -OCH3 is 1. The number of hydrogen-bond acceptors (Lipinski definition) is 5. The number of nitrogens with one attached hydrogen (secondary N) is 2. The molecular formula is C26H25ClN2O4S2. The van der Waals surface area contributed by atoms with Gasteiger partial charge >= 0.3 is 0 Å². The Morgan fingerprint density at radius 2 is 1.74 bits per heavy atom. The number of carbonyl (C=O) groups excluding carboxylic acids is 1. The summed E-state index contributed by atoms with van der Waals surface area (Å²) in [6, 6.07) is 20.3. The third-order valence-corrected chi connectivity index (χ3v) is 7.65. The molecular weight excluding hydrogens is 504 g/mol. The van der Waals surface area contributed by atoms with Gasteiger partial charge in [-0.05, 0) is 71.1 Å². The van der Waals surface area contributed by atoms with Crippen LogP contribution in [0, 0.1) is 0 Å². The van der Waals surface area contributed by atoms with Gasteiger partial charge in [-0.25, -0.2) is 8.42 Å². The number of rotatable bonds is 7. The van der Waals surface area contributed by atoms with E-state index in [2.05, 4.69) is 23.9 Å². The van der Waals surface area contributed by atoms with Crippen LogP contribution in [0.3, 0.4) is 0 Å². The summed E-state index contributed by atoms with van der Waals surface area (Å²) in [6.45, 7) is 4.18. The molecule has 0 atom stereocenters. The molecule has 1 aromatic heterocycles. The number of amides is 1. The number of halogens is 1. The summed E-state index contributed by atoms with van der Waals surface area (Å²) < 4.78 is 31.7. The Morgan fingerprint density at radius 3 is 2.46 bits per heavy atom. The van der Waals surface area contributed by atoms with Gasteiger partial charge in [0, 0.05) is 26.5 Å². The van der Waals surface area contributed by atoms with Gasteiger partial charge in [-0.3, -0.25) is 9.52 Å². The molecule has 1 heterocycles. The molecule has 0 saturated carbocycles. The van der Waals surface area contributed by atoms with Gasteiger partial charge in [0.15, 0.2) is 0 Å². The quantitative estimate of drug-likeness (QED) is 0.286. The Labute approximate surface area is 213 Å². The number of hydrogen-bond donors (Lipinski definition) is 2. The molecule has 0 radical (unpaired) electrons. The molecule has 2 N–H and O–H groups in total. The van der Waals surface area contributed by atoms with Crippen LogP contribution in [0.1, 0.15) is 34.6 Å². The van der Waals surface area contributed by atoms with Crippen molar-refractivity contribution < 1.29 is 17.9 Å². The lowest BCUT2D eigenvalue weighted by atomic mass is 9.78. The standard InChI is InChI=1S/C26H25ClN2O4S2/c1-26(2,17-6-5-7-22(14-17)33-3)18-12-19(27)15-21(13-18)28-25(30)24-11-16-10-20(29-35(4,31)32)8-9-23(16)34-24/h5-15,29H,1-4H3,(H,28,30). The van der Waals surface area contributed by atoms with Crippen LogP contribution in [0.5, 0.6) is 5.75 Å². The van der Waals surface area contributed by atoms with Crippen LogP contribution < -0.4 is 14.8 Å². The summed E-state index contributed by atoms with van der Waals surface area (Å²) in [7, 11) is -1.75. The van der Waals surface area contributed by atoms with Crippen molar-refractivity contribution in [3.05, 3.63) is 87.8 Å². The highest BCUT2D eigenvalue weighted by molar-refractivity contribution is 7.92. The van der Waals surface area contributed by atoms with Gasteiger partial charge in [-0.15, -0.1) is 11.3 Å². The Kier molecular flexibility index (Phi) is 6.81. The predicted molar refractivity (Wildman–Crippen MR) is 145 cm³/mol. The Balaban J connectivity index is 1.61. The van der Waals surface area contributed by atoms with Crippen molar-refractivity contribution in [3.63, 3.8) is 0 Å². The summed E-state index contributed by atoms with van der Waals surface area (Å²) in [5.41, 5.74) is 2.65. The molecule has 0 bridgehead atoms. The van der Waals surface area contributed by atoms with E-state index < -0.39 is 10.0 Å². The lowest BCUT2D eigenvalue weighted by Gasteiger charge is -2.27. The topological polar surface area (TPSA) is 84.5 Å². The minimum absolute atomic E-state index is 0.267. The second kappa shape index (κ2) is 9.53. The van der Waals surface area contributed by atoms with Gasteiger partial charge in [-0.2, -0.15) is 0 Å². The van der Waals surface area contributed by atoms with Crippen molar-refractivity contribution in [3.8, 4) is 5.75 Å². The summed E-state index contributed by atoms with van der Waals surface area (Å²) in [4.78, 5) is 13.6. The van der Waals surface area contributed by atoms with E-state index in [1.807, 2.05) is 36.4 Å². The molecule has 0 fully saturated rings. The molecule has 182 valence electrons. The molecule has 0 aliphatic carbocycles. The van der Waals surface area contributed by atoms with Crippen LogP contribution in [-0.4, -0.2) is 27.7 Å².